The van der Waals surface area contributed by atoms with E-state index in [1.165, 1.54) is 0 Å². The maximum atomic E-state index is 12.1. The molecule has 29 heavy (non-hydrogen) atoms. The molecule has 0 spiro atoms. The molecule has 0 fully saturated rings. The molecule has 3 aromatic rings. The standard InChI is InChI=1S/C22H20Cl2N2O3/c1-28-18-6-4-16(5-7-18)13-26-10-2-3-17(14-26)12-25-22(27)15-29-19-8-9-20(23)21(24)11-19/h2-11,14H,12-13,15H2,1H3/p+1. The monoisotopic (exact) mass is 431 g/mol. The fourth-order valence-electron chi connectivity index (χ4n) is 2.69. The summed E-state index contributed by atoms with van der Waals surface area (Å²) in [7, 11) is 1.65. The van der Waals surface area contributed by atoms with E-state index in [0.29, 0.717) is 22.3 Å². The first-order chi connectivity index (χ1) is 14.0. The van der Waals surface area contributed by atoms with Crippen LogP contribution in [0.5, 0.6) is 11.5 Å². The van der Waals surface area contributed by atoms with Crippen molar-refractivity contribution >= 4 is 29.1 Å². The van der Waals surface area contributed by atoms with Crippen molar-refractivity contribution in [3.8, 4) is 11.5 Å². The van der Waals surface area contributed by atoms with Crippen LogP contribution in [-0.4, -0.2) is 19.6 Å². The molecular weight excluding hydrogens is 411 g/mol. The molecule has 1 amide bonds. The Hall–Kier alpha value is -2.76. The predicted octanol–water partition coefficient (Wildman–Crippen LogP) is 4.03. The summed E-state index contributed by atoms with van der Waals surface area (Å²) in [6, 6.07) is 16.7. The Labute approximate surface area is 179 Å². The number of rotatable bonds is 8. The Kier molecular flexibility index (Phi) is 7.33. The first-order valence-corrected chi connectivity index (χ1v) is 9.74. The molecule has 1 aromatic heterocycles. The third kappa shape index (κ3) is 6.38. The highest BCUT2D eigenvalue weighted by Gasteiger charge is 2.08. The van der Waals surface area contributed by atoms with Crippen LogP contribution in [0.15, 0.2) is 67.0 Å². The van der Waals surface area contributed by atoms with Crippen molar-refractivity contribution in [3.05, 3.63) is 88.2 Å². The van der Waals surface area contributed by atoms with Gasteiger partial charge in [0.1, 0.15) is 11.5 Å². The van der Waals surface area contributed by atoms with Crippen molar-refractivity contribution < 1.29 is 18.8 Å². The molecule has 1 heterocycles. The van der Waals surface area contributed by atoms with Crippen molar-refractivity contribution in [2.45, 2.75) is 13.1 Å². The fourth-order valence-corrected chi connectivity index (χ4v) is 2.98. The van der Waals surface area contributed by atoms with Crippen molar-refractivity contribution in [2.24, 2.45) is 0 Å². The summed E-state index contributed by atoms with van der Waals surface area (Å²) in [4.78, 5) is 12.1. The number of nitrogens with zero attached hydrogens (tertiary/aromatic N) is 1. The number of hydrogen-bond donors (Lipinski definition) is 1. The number of pyridine rings is 1. The average Bonchev–Trinajstić information content (AvgIpc) is 2.74. The smallest absolute Gasteiger partial charge is 0.258 e. The van der Waals surface area contributed by atoms with E-state index in [1.54, 1.807) is 25.3 Å². The molecule has 150 valence electrons. The highest BCUT2D eigenvalue weighted by Crippen LogP contribution is 2.26. The molecule has 2 aromatic carbocycles. The number of halogens is 2. The molecule has 0 aliphatic rings. The molecule has 0 saturated heterocycles. The molecule has 0 aliphatic heterocycles. The van der Waals surface area contributed by atoms with Crippen LogP contribution < -0.4 is 19.4 Å². The zero-order valence-electron chi connectivity index (χ0n) is 15.9. The molecule has 0 bridgehead atoms. The van der Waals surface area contributed by atoms with Gasteiger partial charge in [0.05, 0.1) is 17.2 Å². The lowest BCUT2D eigenvalue weighted by atomic mass is 10.2. The molecule has 3 rings (SSSR count). The fraction of sp³-hybridized carbons (Fsp3) is 0.182. The zero-order chi connectivity index (χ0) is 20.6. The van der Waals surface area contributed by atoms with E-state index in [4.69, 9.17) is 32.7 Å². The van der Waals surface area contributed by atoms with E-state index >= 15 is 0 Å². The van der Waals surface area contributed by atoms with E-state index < -0.39 is 0 Å². The number of aromatic nitrogens is 1. The van der Waals surface area contributed by atoms with Gasteiger partial charge in [-0.1, -0.05) is 23.2 Å². The molecule has 7 heteroatoms. The van der Waals surface area contributed by atoms with E-state index in [2.05, 4.69) is 9.88 Å². The largest absolute Gasteiger partial charge is 0.497 e. The topological polar surface area (TPSA) is 51.4 Å². The lowest BCUT2D eigenvalue weighted by molar-refractivity contribution is -0.688. The van der Waals surface area contributed by atoms with Gasteiger partial charge in [-0.3, -0.25) is 4.79 Å². The number of hydrogen-bond acceptors (Lipinski definition) is 3. The van der Waals surface area contributed by atoms with E-state index in [0.717, 1.165) is 23.4 Å². The second kappa shape index (κ2) is 10.1. The van der Waals surface area contributed by atoms with Crippen LogP contribution in [0.3, 0.4) is 0 Å². The van der Waals surface area contributed by atoms with E-state index in [-0.39, 0.29) is 12.5 Å². The third-order valence-electron chi connectivity index (χ3n) is 4.19. The summed E-state index contributed by atoms with van der Waals surface area (Å²) in [5.41, 5.74) is 2.15. The van der Waals surface area contributed by atoms with Gasteiger partial charge in [-0.25, -0.2) is 4.57 Å². The van der Waals surface area contributed by atoms with Crippen molar-refractivity contribution in [3.63, 3.8) is 0 Å². The Morgan fingerprint density at radius 3 is 2.48 bits per heavy atom. The predicted molar refractivity (Wildman–Crippen MR) is 113 cm³/mol. The maximum absolute atomic E-state index is 12.1. The van der Waals surface area contributed by atoms with Gasteiger partial charge >= 0.3 is 0 Å². The minimum absolute atomic E-state index is 0.101. The van der Waals surface area contributed by atoms with Gasteiger partial charge in [-0.2, -0.15) is 0 Å². The molecular formula is C22H21Cl2N2O3+. The summed E-state index contributed by atoms with van der Waals surface area (Å²) in [5.74, 6) is 1.10. The zero-order valence-corrected chi connectivity index (χ0v) is 17.4. The molecule has 0 radical (unpaired) electrons. The molecule has 0 unspecified atom stereocenters. The number of benzene rings is 2. The molecule has 0 atom stereocenters. The molecule has 0 aliphatic carbocycles. The Morgan fingerprint density at radius 1 is 1.00 bits per heavy atom. The number of carbonyl (C=O) groups excluding carboxylic acids is 1. The van der Waals surface area contributed by atoms with Crippen LogP contribution in [0.25, 0.3) is 0 Å². The quantitative estimate of drug-likeness (QED) is 0.547. The number of carbonyl (C=O) groups is 1. The van der Waals surface area contributed by atoms with Gasteiger partial charge < -0.3 is 14.8 Å². The molecule has 1 N–H and O–H groups in total. The summed E-state index contributed by atoms with van der Waals surface area (Å²) in [5, 5.41) is 3.67. The van der Waals surface area contributed by atoms with Crippen LogP contribution in [-0.2, 0) is 17.9 Å². The summed E-state index contributed by atoms with van der Waals surface area (Å²) >= 11 is 11.8. The Morgan fingerprint density at radius 2 is 1.76 bits per heavy atom. The number of nitrogens with one attached hydrogen (secondary N) is 1. The summed E-state index contributed by atoms with van der Waals surface area (Å²) < 4.78 is 12.7. The number of amides is 1. The third-order valence-corrected chi connectivity index (χ3v) is 4.93. The van der Waals surface area contributed by atoms with Crippen LogP contribution in [0.1, 0.15) is 11.1 Å². The SMILES string of the molecule is COc1ccc(C[n+]2cccc(CNC(=O)COc3ccc(Cl)c(Cl)c3)c2)cc1. The van der Waals surface area contributed by atoms with Gasteiger partial charge in [-0.05, 0) is 42.5 Å². The Bertz CT molecular complexity index is 978. The second-order valence-electron chi connectivity index (χ2n) is 6.37. The highest BCUT2D eigenvalue weighted by molar-refractivity contribution is 6.42. The van der Waals surface area contributed by atoms with Gasteiger partial charge in [0.25, 0.3) is 5.91 Å². The van der Waals surface area contributed by atoms with Crippen molar-refractivity contribution in [1.82, 2.24) is 5.32 Å². The first-order valence-electron chi connectivity index (χ1n) is 8.99. The van der Waals surface area contributed by atoms with Crippen LogP contribution in [0, 0.1) is 0 Å². The number of ether oxygens (including phenoxy) is 2. The minimum Gasteiger partial charge on any atom is -0.497 e. The maximum Gasteiger partial charge on any atom is 0.258 e. The lowest BCUT2D eigenvalue weighted by Gasteiger charge is -2.08. The van der Waals surface area contributed by atoms with E-state index in [1.807, 2.05) is 48.8 Å². The lowest BCUT2D eigenvalue weighted by Crippen LogP contribution is -2.35. The summed E-state index contributed by atoms with van der Waals surface area (Å²) in [6.45, 7) is 1.04. The normalized spacial score (nSPS) is 10.4. The van der Waals surface area contributed by atoms with Gasteiger partial charge in [0.2, 0.25) is 0 Å². The highest BCUT2D eigenvalue weighted by atomic mass is 35.5. The van der Waals surface area contributed by atoms with Gasteiger partial charge in [-0.15, -0.1) is 0 Å². The number of methoxy groups -OCH3 is 1. The molecule has 5 nitrogen and oxygen atoms in total. The van der Waals surface area contributed by atoms with Crippen LogP contribution in [0.4, 0.5) is 0 Å². The van der Waals surface area contributed by atoms with Crippen LogP contribution in [0.2, 0.25) is 10.0 Å². The Balaban J connectivity index is 1.50. The second-order valence-corrected chi connectivity index (χ2v) is 7.19. The van der Waals surface area contributed by atoms with Gasteiger partial charge in [0, 0.05) is 29.8 Å². The minimum atomic E-state index is -0.221. The summed E-state index contributed by atoms with van der Waals surface area (Å²) in [6.07, 6.45) is 3.99. The van der Waals surface area contributed by atoms with Crippen molar-refractivity contribution in [1.29, 1.82) is 0 Å². The van der Waals surface area contributed by atoms with Gasteiger partial charge in [0.15, 0.2) is 25.5 Å². The molecule has 0 saturated carbocycles. The van der Waals surface area contributed by atoms with Crippen LogP contribution >= 0.6 is 23.2 Å². The first kappa shape index (κ1) is 21.0. The van der Waals surface area contributed by atoms with Crippen molar-refractivity contribution in [2.75, 3.05) is 13.7 Å². The van der Waals surface area contributed by atoms with E-state index in [9.17, 15) is 4.79 Å². The average molecular weight is 432 g/mol.